The maximum Gasteiger partial charge on any atom is 0.138 e. The minimum Gasteiger partial charge on any atom is -0.294 e. The molecular weight excluding hydrogens is 767 g/mol. The van der Waals surface area contributed by atoms with Crippen LogP contribution >= 0.6 is 34.0 Å². The zero-order valence-electron chi connectivity index (χ0n) is 30.7. The van der Waals surface area contributed by atoms with E-state index in [1.807, 2.05) is 0 Å². The van der Waals surface area contributed by atoms with Gasteiger partial charge in [0.15, 0.2) is 0 Å². The van der Waals surface area contributed by atoms with Crippen LogP contribution in [0.25, 0.3) is 112 Å². The van der Waals surface area contributed by atoms with E-state index >= 15 is 0 Å². The quantitative estimate of drug-likeness (QED) is 0.168. The Balaban J connectivity index is 1.15. The number of fused-ring (bicyclic) bond motifs is 6. The average Bonchev–Trinajstić information content (AvgIpc) is 4.09. The lowest BCUT2D eigenvalue weighted by Gasteiger charge is -2.17. The van der Waals surface area contributed by atoms with E-state index in [1.54, 1.807) is 34.0 Å². The van der Waals surface area contributed by atoms with Gasteiger partial charge in [0.2, 0.25) is 0 Å². The Morgan fingerprint density at radius 1 is 0.362 bits per heavy atom. The third-order valence-electron chi connectivity index (χ3n) is 10.7. The van der Waals surface area contributed by atoms with Crippen molar-refractivity contribution in [2.45, 2.75) is 0 Å². The van der Waals surface area contributed by atoms with E-state index in [4.69, 9.17) is 19.9 Å². The van der Waals surface area contributed by atoms with Crippen molar-refractivity contribution in [3.05, 3.63) is 176 Å². The number of hydrogen-bond donors (Lipinski definition) is 0. The predicted octanol–water partition coefficient (Wildman–Crippen LogP) is 14.3. The molecule has 0 aliphatic heterocycles. The normalized spacial score (nSPS) is 11.8. The van der Waals surface area contributed by atoms with Crippen LogP contribution in [0.15, 0.2) is 176 Å². The van der Waals surface area contributed by atoms with Crippen molar-refractivity contribution in [1.82, 2.24) is 24.5 Å². The maximum atomic E-state index is 5.65. The van der Waals surface area contributed by atoms with Gasteiger partial charge in [-0.2, -0.15) is 0 Å². The fourth-order valence-corrected chi connectivity index (χ4v) is 11.0. The zero-order chi connectivity index (χ0) is 38.2. The average molecular weight is 796 g/mol. The van der Waals surface area contributed by atoms with Crippen molar-refractivity contribution in [3.63, 3.8) is 0 Å². The van der Waals surface area contributed by atoms with Gasteiger partial charge in [0.25, 0.3) is 0 Å². The summed E-state index contributed by atoms with van der Waals surface area (Å²) in [5.74, 6) is 0.836. The summed E-state index contributed by atoms with van der Waals surface area (Å²) in [5.41, 5.74) is 12.5. The van der Waals surface area contributed by atoms with Gasteiger partial charge in [0.05, 0.1) is 47.4 Å². The molecule has 7 aromatic carbocycles. The van der Waals surface area contributed by atoms with Crippen LogP contribution in [-0.2, 0) is 0 Å². The summed E-state index contributed by atoms with van der Waals surface area (Å²) < 4.78 is 5.83. The van der Waals surface area contributed by atoms with Crippen LogP contribution in [0.1, 0.15) is 0 Å². The predicted molar refractivity (Wildman–Crippen MR) is 245 cm³/mol. The summed E-state index contributed by atoms with van der Waals surface area (Å²) in [7, 11) is 0. The number of pyridine rings is 1. The van der Waals surface area contributed by atoms with Gasteiger partial charge in [-0.25, -0.2) is 19.9 Å². The highest BCUT2D eigenvalue weighted by molar-refractivity contribution is 7.22. The van der Waals surface area contributed by atoms with Crippen LogP contribution in [-0.4, -0.2) is 24.5 Å². The second-order valence-electron chi connectivity index (χ2n) is 14.2. The summed E-state index contributed by atoms with van der Waals surface area (Å²) >= 11 is 5.16. The molecule has 5 nitrogen and oxygen atoms in total. The SMILES string of the molecule is c1ccc(-c2cc(-n3c4ccc(-c5nc6ccccc6s5)cc4c4cc(-c5nc6ccccc6s5)ccc43)nc(-c3ccccc3)c2-c2nc3ccccc3s2)cc1. The number of nitrogens with zero attached hydrogens (tertiary/aromatic N) is 5. The van der Waals surface area contributed by atoms with E-state index in [0.717, 1.165) is 103 Å². The lowest BCUT2D eigenvalue weighted by molar-refractivity contribution is 1.08. The third kappa shape index (κ3) is 5.49. The molecule has 0 amide bonds. The zero-order valence-corrected chi connectivity index (χ0v) is 33.2. The van der Waals surface area contributed by atoms with Crippen molar-refractivity contribution in [2.75, 3.05) is 0 Å². The molecule has 0 bridgehead atoms. The van der Waals surface area contributed by atoms with Gasteiger partial charge in [-0.3, -0.25) is 4.57 Å². The lowest BCUT2D eigenvalue weighted by atomic mass is 9.96. The van der Waals surface area contributed by atoms with Gasteiger partial charge in [-0.05, 0) is 90.0 Å². The van der Waals surface area contributed by atoms with Gasteiger partial charge in [0, 0.05) is 33.0 Å². The Morgan fingerprint density at radius 2 is 0.810 bits per heavy atom. The van der Waals surface area contributed by atoms with Gasteiger partial charge in [-0.1, -0.05) is 97.1 Å². The first-order valence-electron chi connectivity index (χ1n) is 19.0. The van der Waals surface area contributed by atoms with Crippen molar-refractivity contribution < 1.29 is 0 Å². The summed E-state index contributed by atoms with van der Waals surface area (Å²) in [6.07, 6.45) is 0. The Labute approximate surface area is 344 Å². The van der Waals surface area contributed by atoms with E-state index < -0.39 is 0 Å². The Morgan fingerprint density at radius 3 is 1.33 bits per heavy atom. The molecule has 0 atom stereocenters. The van der Waals surface area contributed by atoms with Crippen molar-refractivity contribution in [3.8, 4) is 59.9 Å². The van der Waals surface area contributed by atoms with Crippen LogP contribution in [0.2, 0.25) is 0 Å². The number of hydrogen-bond acceptors (Lipinski definition) is 7. The Bertz CT molecular complexity index is 3230. The van der Waals surface area contributed by atoms with Crippen LogP contribution in [0.5, 0.6) is 0 Å². The first kappa shape index (κ1) is 33.3. The highest BCUT2D eigenvalue weighted by atomic mass is 32.1. The first-order chi connectivity index (χ1) is 28.7. The molecule has 0 N–H and O–H groups in total. The summed E-state index contributed by atoms with van der Waals surface area (Å²) in [6, 6.07) is 62.0. The largest absolute Gasteiger partial charge is 0.294 e. The molecule has 0 saturated carbocycles. The number of thiazole rings is 3. The smallest absolute Gasteiger partial charge is 0.138 e. The molecule has 0 unspecified atom stereocenters. The Hall–Kier alpha value is -6.84. The molecule has 12 rings (SSSR count). The summed E-state index contributed by atoms with van der Waals surface area (Å²) in [5, 5.41) is 5.22. The Kier molecular flexibility index (Phi) is 7.69. The molecule has 58 heavy (non-hydrogen) atoms. The molecule has 12 aromatic rings. The molecule has 0 radical (unpaired) electrons. The maximum absolute atomic E-state index is 5.65. The van der Waals surface area contributed by atoms with Gasteiger partial charge in [-0.15, -0.1) is 34.0 Å². The number of aromatic nitrogens is 5. The van der Waals surface area contributed by atoms with E-state index in [-0.39, 0.29) is 0 Å². The van der Waals surface area contributed by atoms with Gasteiger partial charge in [0.1, 0.15) is 20.8 Å². The lowest BCUT2D eigenvalue weighted by Crippen LogP contribution is -2.02. The molecule has 5 aromatic heterocycles. The standard InChI is InChI=1S/C50H29N5S3/c1-3-13-30(14-4-1)34-29-45(54-47(31-15-5-2-6-16-31)46(34)50-53-39-19-9-12-22-44(39)58-50)55-40-25-23-32(48-51-37-17-7-10-20-42(37)56-48)27-35(40)36-28-33(24-26-41(36)55)49-52-38-18-8-11-21-43(38)57-49/h1-29H. The van der Waals surface area contributed by atoms with Crippen molar-refractivity contribution in [1.29, 1.82) is 0 Å². The van der Waals surface area contributed by atoms with Crippen molar-refractivity contribution in [2.24, 2.45) is 0 Å². The van der Waals surface area contributed by atoms with Gasteiger partial charge >= 0.3 is 0 Å². The van der Waals surface area contributed by atoms with Crippen LogP contribution in [0, 0.1) is 0 Å². The fourth-order valence-electron chi connectivity index (χ4n) is 8.02. The first-order valence-corrected chi connectivity index (χ1v) is 21.5. The van der Waals surface area contributed by atoms with Crippen LogP contribution < -0.4 is 0 Å². The van der Waals surface area contributed by atoms with E-state index in [1.165, 1.54) is 9.40 Å². The number of rotatable bonds is 6. The summed E-state index contributed by atoms with van der Waals surface area (Å²) in [4.78, 5) is 21.0. The molecular formula is C50H29N5S3. The fraction of sp³-hybridized carbons (Fsp3) is 0. The summed E-state index contributed by atoms with van der Waals surface area (Å²) in [6.45, 7) is 0. The van der Waals surface area contributed by atoms with Gasteiger partial charge < -0.3 is 0 Å². The number of benzene rings is 7. The van der Waals surface area contributed by atoms with E-state index in [2.05, 4.69) is 180 Å². The molecule has 5 heterocycles. The minimum absolute atomic E-state index is 0.836. The molecule has 0 aliphatic carbocycles. The highest BCUT2D eigenvalue weighted by Crippen LogP contribution is 2.45. The van der Waals surface area contributed by atoms with Crippen LogP contribution in [0.3, 0.4) is 0 Å². The molecule has 0 spiro atoms. The van der Waals surface area contributed by atoms with Crippen LogP contribution in [0.4, 0.5) is 0 Å². The number of para-hydroxylation sites is 3. The molecule has 0 fully saturated rings. The minimum atomic E-state index is 0.836. The van der Waals surface area contributed by atoms with E-state index in [0.29, 0.717) is 0 Å². The molecule has 0 aliphatic rings. The second kappa shape index (κ2) is 13.4. The monoisotopic (exact) mass is 795 g/mol. The molecule has 8 heteroatoms. The topological polar surface area (TPSA) is 56.5 Å². The van der Waals surface area contributed by atoms with E-state index in [9.17, 15) is 0 Å². The third-order valence-corrected chi connectivity index (χ3v) is 13.9. The molecule has 272 valence electrons. The molecule has 0 saturated heterocycles. The van der Waals surface area contributed by atoms with Crippen molar-refractivity contribution >= 4 is 86.5 Å². The second-order valence-corrected chi connectivity index (χ2v) is 17.3. The highest BCUT2D eigenvalue weighted by Gasteiger charge is 2.24.